The van der Waals surface area contributed by atoms with E-state index in [4.69, 9.17) is 5.73 Å². The van der Waals surface area contributed by atoms with Crippen LogP contribution >= 0.6 is 11.3 Å². The number of nitrogens with one attached hydrogen (secondary N) is 1. The molecule has 0 bridgehead atoms. The molecule has 0 spiro atoms. The predicted octanol–water partition coefficient (Wildman–Crippen LogP) is 0.219. The zero-order chi connectivity index (χ0) is 10.1. The minimum absolute atomic E-state index is 0.325. The molecule has 0 aromatic carbocycles. The lowest BCUT2D eigenvalue weighted by molar-refractivity contribution is 0.100. The zero-order valence-electron chi connectivity index (χ0n) is 6.77. The molecule has 3 N–H and O–H groups in total. The second kappa shape index (κ2) is 3.35. The van der Waals surface area contributed by atoms with Crippen molar-refractivity contribution in [1.82, 2.24) is 0 Å². The number of anilines is 1. The summed E-state index contributed by atoms with van der Waals surface area (Å²) in [6.45, 7) is 0. The average Bonchev–Trinajstić information content (AvgIpc) is 2.31. The van der Waals surface area contributed by atoms with Crippen LogP contribution in [0.15, 0.2) is 11.4 Å². The van der Waals surface area contributed by atoms with Crippen LogP contribution in [0, 0.1) is 0 Å². The van der Waals surface area contributed by atoms with E-state index in [-0.39, 0.29) is 0 Å². The Kier molecular flexibility index (Phi) is 2.58. The summed E-state index contributed by atoms with van der Waals surface area (Å²) in [6, 6.07) is 1.40. The average molecular weight is 220 g/mol. The van der Waals surface area contributed by atoms with Gasteiger partial charge in [0.1, 0.15) is 0 Å². The molecule has 7 heteroatoms. The highest BCUT2D eigenvalue weighted by Crippen LogP contribution is 2.19. The standard InChI is InChI=1S/C6H8N2O3S2/c1-13(10,11)8-4-2-5(6(7)9)12-3-4/h2-3,8H,1H3,(H2,7,9). The molecule has 5 nitrogen and oxygen atoms in total. The molecule has 0 radical (unpaired) electrons. The molecule has 0 fully saturated rings. The Morgan fingerprint density at radius 1 is 1.62 bits per heavy atom. The number of carbonyl (C=O) groups excluding carboxylic acids is 1. The van der Waals surface area contributed by atoms with Gasteiger partial charge in [-0.25, -0.2) is 8.42 Å². The summed E-state index contributed by atoms with van der Waals surface area (Å²) in [7, 11) is -3.28. The van der Waals surface area contributed by atoms with E-state index in [0.29, 0.717) is 10.6 Å². The van der Waals surface area contributed by atoms with Gasteiger partial charge in [0.2, 0.25) is 10.0 Å². The van der Waals surface area contributed by atoms with E-state index in [1.165, 1.54) is 11.4 Å². The molecular weight excluding hydrogens is 212 g/mol. The van der Waals surface area contributed by atoms with E-state index >= 15 is 0 Å². The molecule has 0 saturated carbocycles. The third kappa shape index (κ3) is 3.03. The lowest BCUT2D eigenvalue weighted by Gasteiger charge is -1.97. The third-order valence-corrected chi connectivity index (χ3v) is 2.70. The van der Waals surface area contributed by atoms with Crippen LogP contribution in [0.5, 0.6) is 0 Å². The summed E-state index contributed by atoms with van der Waals surface area (Å²) >= 11 is 1.10. The molecule has 1 rings (SSSR count). The van der Waals surface area contributed by atoms with Crippen molar-refractivity contribution in [3.8, 4) is 0 Å². The number of hydrogen-bond donors (Lipinski definition) is 2. The van der Waals surface area contributed by atoms with Crippen molar-refractivity contribution >= 4 is 33.0 Å². The van der Waals surface area contributed by atoms with E-state index in [2.05, 4.69) is 4.72 Å². The number of carbonyl (C=O) groups is 1. The third-order valence-electron chi connectivity index (χ3n) is 1.15. The Labute approximate surface area is 79.6 Å². The summed E-state index contributed by atoms with van der Waals surface area (Å²) in [4.78, 5) is 11.0. The summed E-state index contributed by atoms with van der Waals surface area (Å²) in [5.74, 6) is -0.563. The van der Waals surface area contributed by atoms with Crippen LogP contribution in [0.4, 0.5) is 5.69 Å². The largest absolute Gasteiger partial charge is 0.365 e. The van der Waals surface area contributed by atoms with Gasteiger partial charge in [0, 0.05) is 5.38 Å². The van der Waals surface area contributed by atoms with Gasteiger partial charge in [-0.2, -0.15) is 0 Å². The van der Waals surface area contributed by atoms with Crippen LogP contribution in [-0.2, 0) is 10.0 Å². The highest BCUT2D eigenvalue weighted by molar-refractivity contribution is 7.92. The van der Waals surface area contributed by atoms with Gasteiger partial charge in [-0.15, -0.1) is 11.3 Å². The monoisotopic (exact) mass is 220 g/mol. The Bertz CT molecular complexity index is 421. The predicted molar refractivity (Wildman–Crippen MR) is 51.3 cm³/mol. The molecule has 0 aliphatic heterocycles. The fourth-order valence-corrected chi connectivity index (χ4v) is 2.05. The summed E-state index contributed by atoms with van der Waals surface area (Å²) in [5, 5.41) is 1.52. The van der Waals surface area contributed by atoms with Crippen LogP contribution in [0.1, 0.15) is 9.67 Å². The Morgan fingerprint density at radius 2 is 2.23 bits per heavy atom. The topological polar surface area (TPSA) is 89.3 Å². The van der Waals surface area contributed by atoms with Gasteiger partial charge in [0.25, 0.3) is 5.91 Å². The quantitative estimate of drug-likeness (QED) is 0.763. The van der Waals surface area contributed by atoms with Crippen molar-refractivity contribution in [2.45, 2.75) is 0 Å². The van der Waals surface area contributed by atoms with Crippen LogP contribution in [-0.4, -0.2) is 20.6 Å². The maximum Gasteiger partial charge on any atom is 0.258 e. The molecule has 72 valence electrons. The van der Waals surface area contributed by atoms with Crippen LogP contribution in [0.3, 0.4) is 0 Å². The summed E-state index contributed by atoms with van der Waals surface area (Å²) < 4.78 is 23.7. The maximum absolute atomic E-state index is 10.8. The van der Waals surface area contributed by atoms with Crippen LogP contribution < -0.4 is 10.5 Å². The minimum Gasteiger partial charge on any atom is -0.365 e. The second-order valence-electron chi connectivity index (χ2n) is 2.44. The van der Waals surface area contributed by atoms with Crippen molar-refractivity contribution in [2.75, 3.05) is 11.0 Å². The number of hydrogen-bond acceptors (Lipinski definition) is 4. The molecular formula is C6H8N2O3S2. The SMILES string of the molecule is CS(=O)(=O)Nc1csc(C(N)=O)c1. The van der Waals surface area contributed by atoms with Crippen molar-refractivity contribution in [1.29, 1.82) is 0 Å². The van der Waals surface area contributed by atoms with Gasteiger partial charge in [-0.05, 0) is 6.07 Å². The normalized spacial score (nSPS) is 11.2. The minimum atomic E-state index is -3.28. The molecule has 0 unspecified atom stereocenters. The highest BCUT2D eigenvalue weighted by Gasteiger charge is 2.07. The molecule has 13 heavy (non-hydrogen) atoms. The Hall–Kier alpha value is -1.08. The van der Waals surface area contributed by atoms with E-state index in [0.717, 1.165) is 17.6 Å². The Balaban J connectivity index is 2.87. The van der Waals surface area contributed by atoms with Gasteiger partial charge < -0.3 is 5.73 Å². The number of sulfonamides is 1. The van der Waals surface area contributed by atoms with Gasteiger partial charge in [0.15, 0.2) is 0 Å². The van der Waals surface area contributed by atoms with Crippen molar-refractivity contribution in [2.24, 2.45) is 5.73 Å². The molecule has 1 heterocycles. The first-order valence-electron chi connectivity index (χ1n) is 3.24. The first-order chi connectivity index (χ1) is 5.88. The highest BCUT2D eigenvalue weighted by atomic mass is 32.2. The van der Waals surface area contributed by atoms with Crippen molar-refractivity contribution in [3.63, 3.8) is 0 Å². The number of rotatable bonds is 3. The Morgan fingerprint density at radius 3 is 2.62 bits per heavy atom. The fourth-order valence-electron chi connectivity index (χ4n) is 0.733. The number of amides is 1. The maximum atomic E-state index is 10.8. The number of nitrogens with two attached hydrogens (primary N) is 1. The van der Waals surface area contributed by atoms with Crippen molar-refractivity contribution in [3.05, 3.63) is 16.3 Å². The molecule has 0 saturated heterocycles. The fraction of sp³-hybridized carbons (Fsp3) is 0.167. The first kappa shape index (κ1) is 10.0. The van der Waals surface area contributed by atoms with Gasteiger partial charge in [0.05, 0.1) is 16.8 Å². The summed E-state index contributed by atoms with van der Waals surface area (Å²) in [5.41, 5.74) is 5.35. The van der Waals surface area contributed by atoms with Gasteiger partial charge in [-0.1, -0.05) is 0 Å². The molecule has 1 aromatic heterocycles. The zero-order valence-corrected chi connectivity index (χ0v) is 8.41. The molecule has 0 aliphatic carbocycles. The van der Waals surface area contributed by atoms with Gasteiger partial charge >= 0.3 is 0 Å². The van der Waals surface area contributed by atoms with Crippen LogP contribution in [0.2, 0.25) is 0 Å². The van der Waals surface area contributed by atoms with Crippen molar-refractivity contribution < 1.29 is 13.2 Å². The first-order valence-corrected chi connectivity index (χ1v) is 6.02. The smallest absolute Gasteiger partial charge is 0.258 e. The lowest BCUT2D eigenvalue weighted by atomic mass is 10.4. The number of thiophene rings is 1. The van der Waals surface area contributed by atoms with E-state index < -0.39 is 15.9 Å². The molecule has 0 atom stereocenters. The van der Waals surface area contributed by atoms with E-state index in [1.807, 2.05) is 0 Å². The van der Waals surface area contributed by atoms with Crippen LogP contribution in [0.25, 0.3) is 0 Å². The van der Waals surface area contributed by atoms with Gasteiger partial charge in [-0.3, -0.25) is 9.52 Å². The lowest BCUT2D eigenvalue weighted by Crippen LogP contribution is -2.10. The second-order valence-corrected chi connectivity index (χ2v) is 5.10. The molecule has 1 amide bonds. The van der Waals surface area contributed by atoms with E-state index in [9.17, 15) is 13.2 Å². The summed E-state index contributed by atoms with van der Waals surface area (Å²) in [6.07, 6.45) is 1.04. The van der Waals surface area contributed by atoms with E-state index in [1.54, 1.807) is 0 Å². The molecule has 1 aromatic rings. The molecule has 0 aliphatic rings. The number of primary amides is 1.